The average molecular weight is 348 g/mol. The van der Waals surface area contributed by atoms with E-state index in [1.54, 1.807) is 0 Å². The van der Waals surface area contributed by atoms with Gasteiger partial charge in [0.15, 0.2) is 11.5 Å². The second-order valence-corrected chi connectivity index (χ2v) is 6.77. The van der Waals surface area contributed by atoms with E-state index in [-0.39, 0.29) is 5.82 Å². The van der Waals surface area contributed by atoms with Crippen molar-refractivity contribution in [1.29, 1.82) is 0 Å². The Kier molecular flexibility index (Phi) is 4.33. The van der Waals surface area contributed by atoms with Crippen molar-refractivity contribution in [1.82, 2.24) is 4.90 Å². The van der Waals surface area contributed by atoms with E-state index in [1.807, 2.05) is 24.3 Å². The van der Waals surface area contributed by atoms with E-state index in [9.17, 15) is 4.39 Å². The van der Waals surface area contributed by atoms with Gasteiger partial charge < -0.3 is 9.47 Å². The maximum atomic E-state index is 13.1. The van der Waals surface area contributed by atoms with Crippen molar-refractivity contribution in [2.45, 2.75) is 32.0 Å². The minimum atomic E-state index is -0.199. The van der Waals surface area contributed by atoms with Crippen LogP contribution in [-0.2, 0) is 13.1 Å². The van der Waals surface area contributed by atoms with E-state index in [1.165, 1.54) is 25.0 Å². The zero-order valence-electron chi connectivity index (χ0n) is 13.3. The SMILES string of the molecule is Fc1ccc(CN(Cc2cc(Cl)c3c(c2)OCCO3)C2CC2)cc1. The molecule has 4 rings (SSSR count). The summed E-state index contributed by atoms with van der Waals surface area (Å²) in [6.07, 6.45) is 2.42. The molecule has 1 heterocycles. The Morgan fingerprint density at radius 3 is 2.46 bits per heavy atom. The third-order valence-corrected chi connectivity index (χ3v) is 4.69. The molecular weight excluding hydrogens is 329 g/mol. The molecule has 0 bridgehead atoms. The van der Waals surface area contributed by atoms with E-state index in [2.05, 4.69) is 4.90 Å². The van der Waals surface area contributed by atoms with Gasteiger partial charge in [-0.2, -0.15) is 0 Å². The molecular formula is C19H19ClFNO2. The summed E-state index contributed by atoms with van der Waals surface area (Å²) in [5, 5.41) is 0.597. The zero-order valence-corrected chi connectivity index (χ0v) is 14.1. The van der Waals surface area contributed by atoms with Crippen molar-refractivity contribution in [3.63, 3.8) is 0 Å². The molecule has 126 valence electrons. The summed E-state index contributed by atoms with van der Waals surface area (Å²) < 4.78 is 24.3. The largest absolute Gasteiger partial charge is 0.486 e. The summed E-state index contributed by atoms with van der Waals surface area (Å²) in [5.74, 6) is 1.17. The normalized spacial score (nSPS) is 16.5. The smallest absolute Gasteiger partial charge is 0.179 e. The first-order valence-electron chi connectivity index (χ1n) is 8.25. The van der Waals surface area contributed by atoms with Crippen LogP contribution in [-0.4, -0.2) is 24.2 Å². The molecule has 1 fully saturated rings. The highest BCUT2D eigenvalue weighted by molar-refractivity contribution is 6.32. The third kappa shape index (κ3) is 3.50. The number of halogens is 2. The van der Waals surface area contributed by atoms with E-state index in [0.717, 1.165) is 30.0 Å². The molecule has 3 nitrogen and oxygen atoms in total. The summed E-state index contributed by atoms with van der Waals surface area (Å²) in [5.41, 5.74) is 2.23. The molecule has 0 spiro atoms. The molecule has 2 aromatic rings. The maximum absolute atomic E-state index is 13.1. The number of hydrogen-bond donors (Lipinski definition) is 0. The molecule has 5 heteroatoms. The molecule has 2 aliphatic rings. The van der Waals surface area contributed by atoms with Gasteiger partial charge in [-0.3, -0.25) is 4.90 Å². The van der Waals surface area contributed by atoms with Crippen molar-refractivity contribution < 1.29 is 13.9 Å². The first-order valence-corrected chi connectivity index (χ1v) is 8.63. The summed E-state index contributed by atoms with van der Waals surface area (Å²) >= 11 is 6.34. The van der Waals surface area contributed by atoms with Gasteiger partial charge in [-0.25, -0.2) is 4.39 Å². The molecule has 0 radical (unpaired) electrons. The standard InChI is InChI=1S/C19H19ClFNO2/c20-17-9-14(10-18-19(17)24-8-7-23-18)12-22(16-5-6-16)11-13-1-3-15(21)4-2-13/h1-4,9-10,16H,5-8,11-12H2. The summed E-state index contributed by atoms with van der Waals surface area (Å²) in [7, 11) is 0. The second-order valence-electron chi connectivity index (χ2n) is 6.36. The number of hydrogen-bond acceptors (Lipinski definition) is 3. The Morgan fingerprint density at radius 1 is 1.00 bits per heavy atom. The van der Waals surface area contributed by atoms with Crippen LogP contribution in [0, 0.1) is 5.82 Å². The predicted molar refractivity (Wildman–Crippen MR) is 91.1 cm³/mol. The Balaban J connectivity index is 1.53. The fraction of sp³-hybridized carbons (Fsp3) is 0.368. The molecule has 0 N–H and O–H groups in total. The number of benzene rings is 2. The van der Waals surface area contributed by atoms with E-state index >= 15 is 0 Å². The molecule has 0 amide bonds. The minimum Gasteiger partial charge on any atom is -0.486 e. The third-order valence-electron chi connectivity index (χ3n) is 4.40. The summed E-state index contributed by atoms with van der Waals surface area (Å²) in [6, 6.07) is 11.3. The van der Waals surface area contributed by atoms with Crippen LogP contribution in [0.25, 0.3) is 0 Å². The quantitative estimate of drug-likeness (QED) is 0.799. The molecule has 1 saturated carbocycles. The van der Waals surface area contributed by atoms with Crippen molar-refractivity contribution in [2.24, 2.45) is 0 Å². The monoisotopic (exact) mass is 347 g/mol. The molecule has 2 aromatic carbocycles. The van der Waals surface area contributed by atoms with Crippen LogP contribution in [0.1, 0.15) is 24.0 Å². The van der Waals surface area contributed by atoms with Gasteiger partial charge in [-0.1, -0.05) is 23.7 Å². The molecule has 0 unspecified atom stereocenters. The lowest BCUT2D eigenvalue weighted by molar-refractivity contribution is 0.171. The van der Waals surface area contributed by atoms with Crippen LogP contribution < -0.4 is 9.47 Å². The van der Waals surface area contributed by atoms with Gasteiger partial charge in [0.2, 0.25) is 0 Å². The van der Waals surface area contributed by atoms with Crippen LogP contribution in [0.15, 0.2) is 36.4 Å². The van der Waals surface area contributed by atoms with Crippen LogP contribution in [0.5, 0.6) is 11.5 Å². The zero-order chi connectivity index (χ0) is 16.5. The summed E-state index contributed by atoms with van der Waals surface area (Å²) in [4.78, 5) is 2.41. The molecule has 1 aliphatic heterocycles. The van der Waals surface area contributed by atoms with Gasteiger partial charge in [0, 0.05) is 19.1 Å². The Hall–Kier alpha value is -1.78. The number of fused-ring (bicyclic) bond motifs is 1. The summed E-state index contributed by atoms with van der Waals surface area (Å²) in [6.45, 7) is 2.68. The lowest BCUT2D eigenvalue weighted by atomic mass is 10.1. The molecule has 1 aliphatic carbocycles. The van der Waals surface area contributed by atoms with Crippen molar-refractivity contribution in [3.8, 4) is 11.5 Å². The van der Waals surface area contributed by atoms with Gasteiger partial charge in [-0.15, -0.1) is 0 Å². The highest BCUT2D eigenvalue weighted by Crippen LogP contribution is 2.39. The lowest BCUT2D eigenvalue weighted by Gasteiger charge is -2.24. The predicted octanol–water partition coefficient (Wildman–Crippen LogP) is 4.41. The van der Waals surface area contributed by atoms with Gasteiger partial charge in [0.05, 0.1) is 5.02 Å². The molecule has 0 aromatic heterocycles. The Bertz CT molecular complexity index is 731. The number of ether oxygens (including phenoxy) is 2. The van der Waals surface area contributed by atoms with Crippen LogP contribution >= 0.6 is 11.6 Å². The highest BCUT2D eigenvalue weighted by atomic mass is 35.5. The molecule has 0 atom stereocenters. The van der Waals surface area contributed by atoms with Crippen LogP contribution in [0.2, 0.25) is 5.02 Å². The highest BCUT2D eigenvalue weighted by Gasteiger charge is 2.29. The Labute approximate surface area is 145 Å². The van der Waals surface area contributed by atoms with E-state index in [0.29, 0.717) is 30.0 Å². The molecule has 24 heavy (non-hydrogen) atoms. The van der Waals surface area contributed by atoms with Crippen LogP contribution in [0.3, 0.4) is 0 Å². The van der Waals surface area contributed by atoms with Gasteiger partial charge in [-0.05, 0) is 48.2 Å². The maximum Gasteiger partial charge on any atom is 0.179 e. The average Bonchev–Trinajstić information content (AvgIpc) is 3.41. The van der Waals surface area contributed by atoms with E-state index in [4.69, 9.17) is 21.1 Å². The van der Waals surface area contributed by atoms with Crippen molar-refractivity contribution >= 4 is 11.6 Å². The first-order chi connectivity index (χ1) is 11.7. The topological polar surface area (TPSA) is 21.7 Å². The molecule has 0 saturated heterocycles. The first kappa shape index (κ1) is 15.7. The fourth-order valence-corrected chi connectivity index (χ4v) is 3.36. The second kappa shape index (κ2) is 6.61. The number of nitrogens with zero attached hydrogens (tertiary/aromatic N) is 1. The minimum absolute atomic E-state index is 0.199. The van der Waals surface area contributed by atoms with Crippen molar-refractivity contribution in [3.05, 3.63) is 58.4 Å². The number of rotatable bonds is 5. The lowest BCUT2D eigenvalue weighted by Crippen LogP contribution is -2.25. The van der Waals surface area contributed by atoms with E-state index < -0.39 is 0 Å². The fourth-order valence-electron chi connectivity index (χ4n) is 3.07. The van der Waals surface area contributed by atoms with Gasteiger partial charge in [0.25, 0.3) is 0 Å². The van der Waals surface area contributed by atoms with Crippen LogP contribution in [0.4, 0.5) is 4.39 Å². The Morgan fingerprint density at radius 2 is 1.71 bits per heavy atom. The van der Waals surface area contributed by atoms with Crippen molar-refractivity contribution in [2.75, 3.05) is 13.2 Å². The van der Waals surface area contributed by atoms with Gasteiger partial charge in [0.1, 0.15) is 19.0 Å². The van der Waals surface area contributed by atoms with Gasteiger partial charge >= 0.3 is 0 Å².